The molecule has 3 aromatic rings. The fourth-order valence-corrected chi connectivity index (χ4v) is 4.22. The van der Waals surface area contributed by atoms with Gasteiger partial charge in [-0.15, -0.1) is 10.2 Å². The summed E-state index contributed by atoms with van der Waals surface area (Å²) >= 11 is 0. The van der Waals surface area contributed by atoms with Crippen LogP contribution in [-0.4, -0.2) is 65.9 Å². The number of likely N-dealkylation sites (tertiary alicyclic amines) is 1. The van der Waals surface area contributed by atoms with Crippen molar-refractivity contribution < 1.29 is 14.6 Å². The van der Waals surface area contributed by atoms with Gasteiger partial charge in [0.05, 0.1) is 18.2 Å². The average molecular weight is 448 g/mol. The van der Waals surface area contributed by atoms with Crippen molar-refractivity contribution in [2.75, 3.05) is 45.0 Å². The number of nitrogens with one attached hydrogen (secondary N) is 1. The highest BCUT2D eigenvalue weighted by molar-refractivity contribution is 6.01. The lowest BCUT2D eigenvalue weighted by molar-refractivity contribution is 0.0227. The highest BCUT2D eigenvalue weighted by Gasteiger charge is 2.22. The Morgan fingerprint density at radius 2 is 2.06 bits per heavy atom. The Kier molecular flexibility index (Phi) is 7.68. The number of aliphatic hydroxyl groups is 1. The van der Waals surface area contributed by atoms with Gasteiger partial charge in [-0.25, -0.2) is 0 Å². The van der Waals surface area contributed by atoms with E-state index >= 15 is 0 Å². The average Bonchev–Trinajstić information content (AvgIpc) is 2.85. The van der Waals surface area contributed by atoms with Crippen molar-refractivity contribution in [3.05, 3.63) is 48.0 Å². The first kappa shape index (κ1) is 22.9. The summed E-state index contributed by atoms with van der Waals surface area (Å²) in [5, 5.41) is 33.2. The number of aromatic nitrogens is 2. The predicted octanol–water partition coefficient (Wildman–Crippen LogP) is 3.41. The van der Waals surface area contributed by atoms with Crippen LogP contribution in [0.1, 0.15) is 25.3 Å². The molecule has 2 heterocycles. The molecule has 8 nitrogen and oxygen atoms in total. The summed E-state index contributed by atoms with van der Waals surface area (Å²) < 4.78 is 11.2. The number of nitriles is 1. The summed E-state index contributed by atoms with van der Waals surface area (Å²) in [6.07, 6.45) is 2.12. The van der Waals surface area contributed by atoms with Crippen LogP contribution in [0.2, 0.25) is 0 Å². The molecule has 0 aliphatic carbocycles. The molecule has 2 N–H and O–H groups in total. The van der Waals surface area contributed by atoms with E-state index in [-0.39, 0.29) is 19.4 Å². The molecule has 1 aromatic heterocycles. The van der Waals surface area contributed by atoms with E-state index < -0.39 is 0 Å². The second-order valence-electron chi connectivity index (χ2n) is 8.03. The molecule has 1 saturated heterocycles. The van der Waals surface area contributed by atoms with E-state index in [1.807, 2.05) is 37.3 Å². The highest BCUT2D eigenvalue weighted by atomic mass is 16.7. The predicted molar refractivity (Wildman–Crippen MR) is 127 cm³/mol. The van der Waals surface area contributed by atoms with Crippen LogP contribution < -0.4 is 10.1 Å². The number of hydrogen-bond donors (Lipinski definition) is 2. The number of hydrogen-bond acceptors (Lipinski definition) is 8. The first-order chi connectivity index (χ1) is 16.2. The van der Waals surface area contributed by atoms with Gasteiger partial charge < -0.3 is 19.9 Å². The third kappa shape index (κ3) is 5.40. The fraction of sp³-hybridized carbons (Fsp3) is 0.400. The first-order valence-electron chi connectivity index (χ1n) is 11.3. The summed E-state index contributed by atoms with van der Waals surface area (Å²) in [5.74, 6) is 1.28. The van der Waals surface area contributed by atoms with Crippen molar-refractivity contribution >= 4 is 16.6 Å². The Balaban J connectivity index is 1.68. The molecule has 0 spiro atoms. The monoisotopic (exact) mass is 447 g/mol. The molecule has 0 radical (unpaired) electrons. The quantitative estimate of drug-likeness (QED) is 0.380. The van der Waals surface area contributed by atoms with E-state index in [2.05, 4.69) is 26.5 Å². The van der Waals surface area contributed by atoms with Gasteiger partial charge in [-0.1, -0.05) is 24.3 Å². The maximum atomic E-state index is 9.32. The zero-order valence-electron chi connectivity index (χ0n) is 18.8. The van der Waals surface area contributed by atoms with Gasteiger partial charge in [-0.3, -0.25) is 4.90 Å². The zero-order chi connectivity index (χ0) is 23.0. The van der Waals surface area contributed by atoms with Crippen molar-refractivity contribution in [3.8, 4) is 23.1 Å². The molecule has 8 heteroatoms. The third-order valence-electron chi connectivity index (χ3n) is 5.82. The third-order valence-corrected chi connectivity index (χ3v) is 5.82. The molecule has 1 atom stereocenters. The lowest BCUT2D eigenvalue weighted by atomic mass is 10.0. The van der Waals surface area contributed by atoms with Gasteiger partial charge >= 0.3 is 0 Å². The summed E-state index contributed by atoms with van der Waals surface area (Å²) in [6, 6.07) is 15.7. The van der Waals surface area contributed by atoms with Gasteiger partial charge in [-0.05, 0) is 44.5 Å². The molecular formula is C25H29N5O3. The van der Waals surface area contributed by atoms with E-state index in [0.717, 1.165) is 48.1 Å². The molecule has 33 heavy (non-hydrogen) atoms. The summed E-state index contributed by atoms with van der Waals surface area (Å²) in [6.45, 7) is 5.25. The lowest BCUT2D eigenvalue weighted by Gasteiger charge is -2.33. The summed E-state index contributed by atoms with van der Waals surface area (Å²) in [7, 11) is 0. The first-order valence-corrected chi connectivity index (χ1v) is 11.3. The maximum absolute atomic E-state index is 9.32. The Hall–Kier alpha value is -3.25. The Bertz CT molecular complexity index is 1130. The molecule has 0 saturated carbocycles. The van der Waals surface area contributed by atoms with Crippen LogP contribution in [0.5, 0.6) is 5.75 Å². The number of anilines is 1. The number of β-amino-alcohol motifs (C(OH)–C–C–N with tert-alkyl or cyclic N) is 1. The number of piperidine rings is 1. The minimum absolute atomic E-state index is 0.0927. The van der Waals surface area contributed by atoms with Gasteiger partial charge in [0.1, 0.15) is 11.4 Å². The maximum Gasteiger partial charge on any atom is 0.189 e. The summed E-state index contributed by atoms with van der Waals surface area (Å²) in [5.41, 5.74) is 1.96. The Labute approximate surface area is 193 Å². The number of nitrogens with zero attached hydrogens (tertiary/aromatic N) is 4. The van der Waals surface area contributed by atoms with E-state index in [0.29, 0.717) is 30.2 Å². The zero-order valence-corrected chi connectivity index (χ0v) is 18.8. The van der Waals surface area contributed by atoms with Gasteiger partial charge in [0.15, 0.2) is 12.6 Å². The molecule has 1 aliphatic rings. The molecule has 0 bridgehead atoms. The number of benzene rings is 2. The number of fused-ring (bicyclic) bond motifs is 1. The molecule has 172 valence electrons. The van der Waals surface area contributed by atoms with Gasteiger partial charge in [0, 0.05) is 42.1 Å². The van der Waals surface area contributed by atoms with E-state index in [1.165, 1.54) is 0 Å². The molecule has 1 aliphatic heterocycles. The normalized spacial score (nSPS) is 16.5. The van der Waals surface area contributed by atoms with E-state index in [9.17, 15) is 10.4 Å². The second kappa shape index (κ2) is 11.1. The Morgan fingerprint density at radius 1 is 1.21 bits per heavy atom. The van der Waals surface area contributed by atoms with Crippen molar-refractivity contribution in [2.45, 2.75) is 25.8 Å². The SMILES string of the molecule is CCOCOc1cc(C#N)ccc1-c1nnc(N[C@@H]2CCCN(CCO)C2)c2ccccc12. The van der Waals surface area contributed by atoms with Crippen molar-refractivity contribution in [2.24, 2.45) is 0 Å². The molecule has 1 fully saturated rings. The van der Waals surface area contributed by atoms with E-state index in [4.69, 9.17) is 9.47 Å². The van der Waals surface area contributed by atoms with Crippen LogP contribution in [0.3, 0.4) is 0 Å². The number of rotatable bonds is 9. The van der Waals surface area contributed by atoms with Gasteiger partial charge in [-0.2, -0.15) is 5.26 Å². The molecule has 2 aromatic carbocycles. The van der Waals surface area contributed by atoms with Crippen LogP contribution in [0.4, 0.5) is 5.82 Å². The van der Waals surface area contributed by atoms with Crippen molar-refractivity contribution in [1.82, 2.24) is 15.1 Å². The van der Waals surface area contributed by atoms with Crippen molar-refractivity contribution in [3.63, 3.8) is 0 Å². The highest BCUT2D eigenvalue weighted by Crippen LogP contribution is 2.36. The molecule has 4 rings (SSSR count). The fourth-order valence-electron chi connectivity index (χ4n) is 4.22. The molecular weight excluding hydrogens is 418 g/mol. The van der Waals surface area contributed by atoms with E-state index in [1.54, 1.807) is 12.1 Å². The van der Waals surface area contributed by atoms with Crippen LogP contribution in [0, 0.1) is 11.3 Å². The Morgan fingerprint density at radius 3 is 2.85 bits per heavy atom. The van der Waals surface area contributed by atoms with Crippen LogP contribution in [0.15, 0.2) is 42.5 Å². The van der Waals surface area contributed by atoms with Gasteiger partial charge in [0.25, 0.3) is 0 Å². The summed E-state index contributed by atoms with van der Waals surface area (Å²) in [4.78, 5) is 2.27. The van der Waals surface area contributed by atoms with Gasteiger partial charge in [0.2, 0.25) is 0 Å². The van der Waals surface area contributed by atoms with Crippen molar-refractivity contribution in [1.29, 1.82) is 5.26 Å². The van der Waals surface area contributed by atoms with Crippen LogP contribution >= 0.6 is 0 Å². The second-order valence-corrected chi connectivity index (χ2v) is 8.03. The van der Waals surface area contributed by atoms with Crippen LogP contribution in [-0.2, 0) is 4.74 Å². The minimum atomic E-state index is 0.0927. The smallest absolute Gasteiger partial charge is 0.189 e. The lowest BCUT2D eigenvalue weighted by Crippen LogP contribution is -2.43. The standard InChI is InChI=1S/C25H29N5O3/c1-2-32-17-33-23-14-18(15-26)9-10-22(23)24-20-7-3-4-8-21(20)25(29-28-24)27-19-6-5-11-30(16-19)12-13-31/h3-4,7-10,14,19,31H,2,5-6,11-13,16-17H2,1H3,(H,27,29)/t19-/m1/s1. The number of aliphatic hydroxyl groups excluding tert-OH is 1. The molecule has 0 amide bonds. The van der Waals surface area contributed by atoms with Crippen LogP contribution in [0.25, 0.3) is 22.0 Å². The number of ether oxygens (including phenoxy) is 2. The topological polar surface area (TPSA) is 104 Å². The largest absolute Gasteiger partial charge is 0.467 e. The molecule has 0 unspecified atom stereocenters. The minimum Gasteiger partial charge on any atom is -0.467 e.